The van der Waals surface area contributed by atoms with E-state index in [0.29, 0.717) is 12.1 Å². The molecular weight excluding hydrogens is 216 g/mol. The fourth-order valence-corrected chi connectivity index (χ4v) is 2.14. The van der Waals surface area contributed by atoms with Crippen molar-refractivity contribution in [3.63, 3.8) is 0 Å². The van der Waals surface area contributed by atoms with Gasteiger partial charge in [0.15, 0.2) is 5.78 Å². The van der Waals surface area contributed by atoms with Gasteiger partial charge in [0, 0.05) is 18.2 Å². The topological polar surface area (TPSA) is 44.1 Å². The van der Waals surface area contributed by atoms with Crippen LogP contribution >= 0.6 is 0 Å². The van der Waals surface area contributed by atoms with Gasteiger partial charge >= 0.3 is 0 Å². The minimum atomic E-state index is 0.133. The van der Waals surface area contributed by atoms with Gasteiger partial charge < -0.3 is 4.74 Å². The van der Waals surface area contributed by atoms with Gasteiger partial charge in [0.1, 0.15) is 17.1 Å². The van der Waals surface area contributed by atoms with Crippen LogP contribution in [0.3, 0.4) is 0 Å². The number of fused-ring (bicyclic) bond motifs is 1. The number of carbonyl (C=O) groups is 1. The number of benzene rings is 1. The number of aryl methyl sites for hydroxylation is 1. The first-order valence-electron chi connectivity index (χ1n) is 5.55. The van der Waals surface area contributed by atoms with Crippen molar-refractivity contribution in [2.75, 3.05) is 7.11 Å². The molecule has 0 spiro atoms. The molecule has 17 heavy (non-hydrogen) atoms. The highest BCUT2D eigenvalue weighted by Gasteiger charge is 2.24. The number of aromatic nitrogens is 2. The van der Waals surface area contributed by atoms with E-state index in [1.807, 2.05) is 30.5 Å². The lowest BCUT2D eigenvalue weighted by Gasteiger charge is -2.07. The molecule has 0 N–H and O–H groups in total. The number of hydrogen-bond donors (Lipinski definition) is 0. The summed E-state index contributed by atoms with van der Waals surface area (Å²) in [5, 5.41) is 4.34. The number of nitrogens with zero attached hydrogens (tertiary/aromatic N) is 2. The molecule has 0 radical (unpaired) electrons. The lowest BCUT2D eigenvalue weighted by molar-refractivity contribution is 0.0989. The maximum atomic E-state index is 11.6. The average molecular weight is 228 g/mol. The fraction of sp³-hybridized carbons (Fsp3) is 0.231. The second kappa shape index (κ2) is 3.73. The van der Waals surface area contributed by atoms with E-state index in [4.69, 9.17) is 4.74 Å². The minimum Gasteiger partial charge on any atom is -0.494 e. The number of ketones is 1. The van der Waals surface area contributed by atoms with Gasteiger partial charge in [-0.05, 0) is 18.6 Å². The molecule has 3 rings (SSSR count). The Kier molecular flexibility index (Phi) is 2.21. The van der Waals surface area contributed by atoms with Crippen molar-refractivity contribution in [2.24, 2.45) is 0 Å². The predicted molar refractivity (Wildman–Crippen MR) is 62.8 cm³/mol. The molecule has 1 aromatic carbocycles. The molecule has 1 aliphatic carbocycles. The van der Waals surface area contributed by atoms with Crippen LogP contribution in [-0.4, -0.2) is 22.7 Å². The zero-order valence-corrected chi connectivity index (χ0v) is 9.51. The second-order valence-corrected chi connectivity index (χ2v) is 4.04. The summed E-state index contributed by atoms with van der Waals surface area (Å²) in [6.45, 7) is 0. The third kappa shape index (κ3) is 1.53. The molecule has 0 unspecified atom stereocenters. The fourth-order valence-electron chi connectivity index (χ4n) is 2.14. The normalized spacial score (nSPS) is 13.8. The minimum absolute atomic E-state index is 0.133. The van der Waals surface area contributed by atoms with Crippen molar-refractivity contribution < 1.29 is 9.53 Å². The molecular formula is C13H12N2O2. The van der Waals surface area contributed by atoms with E-state index in [9.17, 15) is 4.79 Å². The summed E-state index contributed by atoms with van der Waals surface area (Å²) >= 11 is 0. The van der Waals surface area contributed by atoms with Gasteiger partial charge in [-0.15, -0.1) is 0 Å². The van der Waals surface area contributed by atoms with E-state index in [1.54, 1.807) is 11.8 Å². The van der Waals surface area contributed by atoms with Crippen molar-refractivity contribution in [1.82, 2.24) is 9.78 Å². The molecule has 86 valence electrons. The Labute approximate surface area is 98.8 Å². The Morgan fingerprint density at radius 2 is 2.12 bits per heavy atom. The Balaban J connectivity index is 2.10. The maximum absolute atomic E-state index is 11.6. The van der Waals surface area contributed by atoms with Crippen LogP contribution in [0.25, 0.3) is 5.69 Å². The zero-order chi connectivity index (χ0) is 11.8. The number of methoxy groups -OCH3 is 1. The molecule has 0 amide bonds. The first kappa shape index (κ1) is 10.1. The highest BCUT2D eigenvalue weighted by molar-refractivity contribution is 5.98. The lowest BCUT2D eigenvalue weighted by atomic mass is 10.3. The molecule has 0 aliphatic heterocycles. The summed E-state index contributed by atoms with van der Waals surface area (Å²) in [5.41, 5.74) is 2.49. The number of ether oxygens (including phenoxy) is 1. The van der Waals surface area contributed by atoms with Crippen molar-refractivity contribution >= 4 is 5.78 Å². The Morgan fingerprint density at radius 3 is 2.88 bits per heavy atom. The standard InChI is InChI=1S/C13H12N2O2/c1-17-12-5-3-2-4-10(12)15-8-9-6-7-11(16)13(9)14-15/h2-5,8H,6-7H2,1H3. The molecule has 4 nitrogen and oxygen atoms in total. The van der Waals surface area contributed by atoms with E-state index in [0.717, 1.165) is 23.4 Å². The molecule has 2 aromatic rings. The summed E-state index contributed by atoms with van der Waals surface area (Å²) in [6.07, 6.45) is 3.30. The number of hydrogen-bond acceptors (Lipinski definition) is 3. The number of Topliss-reactive ketones (excluding diaryl/α,β-unsaturated/α-hetero) is 1. The van der Waals surface area contributed by atoms with Crippen LogP contribution < -0.4 is 4.74 Å². The molecule has 0 atom stereocenters. The van der Waals surface area contributed by atoms with Crippen molar-refractivity contribution in [1.29, 1.82) is 0 Å². The SMILES string of the molecule is COc1ccccc1-n1cc2c(n1)C(=O)CC2. The monoisotopic (exact) mass is 228 g/mol. The Hall–Kier alpha value is -2.10. The van der Waals surface area contributed by atoms with Crippen LogP contribution in [0.15, 0.2) is 30.5 Å². The average Bonchev–Trinajstić information content (AvgIpc) is 2.92. The van der Waals surface area contributed by atoms with Gasteiger partial charge in [-0.1, -0.05) is 12.1 Å². The van der Waals surface area contributed by atoms with Crippen LogP contribution in [0.2, 0.25) is 0 Å². The van der Waals surface area contributed by atoms with E-state index < -0.39 is 0 Å². The number of para-hydroxylation sites is 2. The molecule has 1 aliphatic rings. The third-order valence-corrected chi connectivity index (χ3v) is 3.01. The van der Waals surface area contributed by atoms with Crippen molar-refractivity contribution in [3.05, 3.63) is 41.7 Å². The van der Waals surface area contributed by atoms with Crippen LogP contribution in [-0.2, 0) is 6.42 Å². The number of carbonyl (C=O) groups excluding carboxylic acids is 1. The van der Waals surface area contributed by atoms with E-state index in [2.05, 4.69) is 5.10 Å². The van der Waals surface area contributed by atoms with Gasteiger partial charge in [0.2, 0.25) is 0 Å². The van der Waals surface area contributed by atoms with E-state index in [1.165, 1.54) is 0 Å². The second-order valence-electron chi connectivity index (χ2n) is 4.04. The quantitative estimate of drug-likeness (QED) is 0.789. The molecule has 4 heteroatoms. The molecule has 0 bridgehead atoms. The Morgan fingerprint density at radius 1 is 1.29 bits per heavy atom. The summed E-state index contributed by atoms with van der Waals surface area (Å²) in [5.74, 6) is 0.884. The number of rotatable bonds is 2. The third-order valence-electron chi connectivity index (χ3n) is 3.01. The van der Waals surface area contributed by atoms with Gasteiger partial charge in [0.05, 0.1) is 7.11 Å². The smallest absolute Gasteiger partial charge is 0.183 e. The summed E-state index contributed by atoms with van der Waals surface area (Å²) < 4.78 is 7.00. The highest BCUT2D eigenvalue weighted by atomic mass is 16.5. The van der Waals surface area contributed by atoms with Gasteiger partial charge in [-0.25, -0.2) is 4.68 Å². The summed E-state index contributed by atoms with van der Waals surface area (Å²) in [4.78, 5) is 11.6. The Bertz CT molecular complexity index is 587. The van der Waals surface area contributed by atoms with Crippen LogP contribution in [0, 0.1) is 0 Å². The maximum Gasteiger partial charge on any atom is 0.183 e. The van der Waals surface area contributed by atoms with Gasteiger partial charge in [-0.3, -0.25) is 4.79 Å². The van der Waals surface area contributed by atoms with Crippen LogP contribution in [0.5, 0.6) is 5.75 Å². The van der Waals surface area contributed by atoms with Crippen LogP contribution in [0.4, 0.5) is 0 Å². The van der Waals surface area contributed by atoms with Crippen molar-refractivity contribution in [3.8, 4) is 11.4 Å². The van der Waals surface area contributed by atoms with Gasteiger partial charge in [0.25, 0.3) is 0 Å². The van der Waals surface area contributed by atoms with E-state index in [-0.39, 0.29) is 5.78 Å². The molecule has 1 aromatic heterocycles. The molecule has 1 heterocycles. The zero-order valence-electron chi connectivity index (χ0n) is 9.51. The predicted octanol–water partition coefficient (Wildman–Crippen LogP) is 2.01. The largest absolute Gasteiger partial charge is 0.494 e. The van der Waals surface area contributed by atoms with E-state index >= 15 is 0 Å². The summed E-state index contributed by atoms with van der Waals surface area (Å²) in [6, 6.07) is 7.63. The van der Waals surface area contributed by atoms with Gasteiger partial charge in [-0.2, -0.15) is 5.10 Å². The molecule has 0 fully saturated rings. The summed E-state index contributed by atoms with van der Waals surface area (Å²) in [7, 11) is 1.63. The molecule has 0 saturated carbocycles. The highest BCUT2D eigenvalue weighted by Crippen LogP contribution is 2.26. The molecule has 0 saturated heterocycles. The first-order chi connectivity index (χ1) is 8.29. The van der Waals surface area contributed by atoms with Crippen molar-refractivity contribution in [2.45, 2.75) is 12.8 Å². The first-order valence-corrected chi connectivity index (χ1v) is 5.55. The van der Waals surface area contributed by atoms with Crippen LogP contribution in [0.1, 0.15) is 22.5 Å². The lowest BCUT2D eigenvalue weighted by Crippen LogP contribution is -2.01.